The lowest BCUT2D eigenvalue weighted by Crippen LogP contribution is -2.35. The Morgan fingerprint density at radius 1 is 1.03 bits per heavy atom. The van der Waals surface area contributed by atoms with Crippen molar-refractivity contribution in [3.63, 3.8) is 0 Å². The topological polar surface area (TPSA) is 106 Å². The van der Waals surface area contributed by atoms with E-state index in [2.05, 4.69) is 25.3 Å². The number of hydrogen-bond acceptors (Lipinski definition) is 7. The van der Waals surface area contributed by atoms with E-state index in [9.17, 15) is 17.2 Å². The van der Waals surface area contributed by atoms with Crippen LogP contribution in [0.4, 0.5) is 20.5 Å². The van der Waals surface area contributed by atoms with Gasteiger partial charge in [0.2, 0.25) is 16.0 Å². The first-order valence-electron chi connectivity index (χ1n) is 12.6. The fraction of sp³-hybridized carbons (Fsp3) is 0.333. The van der Waals surface area contributed by atoms with Gasteiger partial charge >= 0.3 is 0 Å². The van der Waals surface area contributed by atoms with Crippen molar-refractivity contribution in [3.05, 3.63) is 65.3 Å². The summed E-state index contributed by atoms with van der Waals surface area (Å²) in [5.41, 5.74) is 3.08. The molecule has 1 aliphatic heterocycles. The van der Waals surface area contributed by atoms with Gasteiger partial charge in [-0.2, -0.15) is 0 Å². The van der Waals surface area contributed by atoms with Gasteiger partial charge in [0.1, 0.15) is 22.9 Å². The number of aryl methyl sites for hydroxylation is 1. The first kappa shape index (κ1) is 26.8. The predicted molar refractivity (Wildman–Crippen MR) is 147 cm³/mol. The molecule has 0 bridgehead atoms. The molecule has 4 heterocycles. The van der Waals surface area contributed by atoms with E-state index in [4.69, 9.17) is 0 Å². The molecule has 1 aromatic carbocycles. The fourth-order valence-electron chi connectivity index (χ4n) is 4.85. The Morgan fingerprint density at radius 3 is 2.41 bits per heavy atom. The largest absolute Gasteiger partial charge is 0.326 e. The summed E-state index contributed by atoms with van der Waals surface area (Å²) >= 11 is 0. The van der Waals surface area contributed by atoms with Gasteiger partial charge in [-0.3, -0.25) is 0 Å². The van der Waals surface area contributed by atoms with E-state index in [0.29, 0.717) is 43.1 Å². The van der Waals surface area contributed by atoms with Crippen molar-refractivity contribution in [2.24, 2.45) is 0 Å². The zero-order valence-electron chi connectivity index (χ0n) is 22.1. The Balaban J connectivity index is 1.36. The number of halogens is 2. The van der Waals surface area contributed by atoms with E-state index < -0.39 is 21.7 Å². The highest BCUT2D eigenvalue weighted by Gasteiger charge is 2.21. The SMILES string of the molecule is Cc1nc2c(F)cc(-c3nc(Nc4ccc(C=C5CCN(S(C)(=O)=O)CC5)cn4)ncc3F)cc2n1C(C)C. The minimum Gasteiger partial charge on any atom is -0.326 e. The maximum absolute atomic E-state index is 14.9. The van der Waals surface area contributed by atoms with E-state index in [-0.39, 0.29) is 28.8 Å². The normalized spacial score (nSPS) is 14.8. The quantitative estimate of drug-likeness (QED) is 0.348. The predicted octanol–water partition coefficient (Wildman–Crippen LogP) is 5.24. The molecule has 12 heteroatoms. The van der Waals surface area contributed by atoms with Crippen LogP contribution in [0.15, 0.2) is 42.2 Å². The molecule has 39 heavy (non-hydrogen) atoms. The van der Waals surface area contributed by atoms with Crippen LogP contribution in [-0.2, 0) is 10.0 Å². The molecule has 0 atom stereocenters. The molecule has 9 nitrogen and oxygen atoms in total. The number of nitrogens with one attached hydrogen (secondary N) is 1. The third-order valence-electron chi connectivity index (χ3n) is 6.69. The molecule has 0 amide bonds. The van der Waals surface area contributed by atoms with E-state index in [1.165, 1.54) is 16.6 Å². The molecule has 1 N–H and O–H groups in total. The third kappa shape index (κ3) is 5.66. The molecule has 0 radical (unpaired) electrons. The Morgan fingerprint density at radius 2 is 1.77 bits per heavy atom. The number of piperidine rings is 1. The van der Waals surface area contributed by atoms with Crippen molar-refractivity contribution in [2.45, 2.75) is 39.7 Å². The van der Waals surface area contributed by atoms with Crippen LogP contribution in [0.2, 0.25) is 0 Å². The van der Waals surface area contributed by atoms with Crippen LogP contribution >= 0.6 is 0 Å². The molecule has 1 saturated heterocycles. The number of fused-ring (bicyclic) bond motifs is 1. The van der Waals surface area contributed by atoms with Crippen molar-refractivity contribution in [2.75, 3.05) is 24.7 Å². The summed E-state index contributed by atoms with van der Waals surface area (Å²) in [6.07, 6.45) is 7.30. The van der Waals surface area contributed by atoms with E-state index >= 15 is 0 Å². The molecule has 3 aromatic heterocycles. The van der Waals surface area contributed by atoms with Gasteiger partial charge in [0, 0.05) is 30.9 Å². The number of aromatic nitrogens is 5. The second-order valence-corrected chi connectivity index (χ2v) is 11.9. The molecule has 0 saturated carbocycles. The van der Waals surface area contributed by atoms with Crippen LogP contribution in [0.5, 0.6) is 0 Å². The van der Waals surface area contributed by atoms with Crippen molar-refractivity contribution >= 4 is 38.9 Å². The number of anilines is 2. The highest BCUT2D eigenvalue weighted by molar-refractivity contribution is 7.88. The van der Waals surface area contributed by atoms with Gasteiger partial charge in [-0.05, 0) is 63.4 Å². The number of imidazole rings is 1. The van der Waals surface area contributed by atoms with Crippen LogP contribution in [-0.4, -0.2) is 56.6 Å². The summed E-state index contributed by atoms with van der Waals surface area (Å²) in [6.45, 7) is 6.70. The lowest BCUT2D eigenvalue weighted by Gasteiger charge is -2.26. The highest BCUT2D eigenvalue weighted by atomic mass is 32.2. The lowest BCUT2D eigenvalue weighted by molar-refractivity contribution is 0.391. The molecular weight excluding hydrogens is 524 g/mol. The standard InChI is InChI=1S/C27H29F2N7O2S/c1-16(2)36-17(3)32-26-21(28)12-20(13-23(26)36)25-22(29)15-31-27(34-25)33-24-6-5-19(14-30-24)11-18-7-9-35(10-8-18)39(4,37)38/h5-6,11-16H,7-10H2,1-4H3,(H,30,31,33,34). The Bertz CT molecular complexity index is 1670. The van der Waals surface area contributed by atoms with Crippen LogP contribution in [0.1, 0.15) is 44.1 Å². The van der Waals surface area contributed by atoms with Crippen molar-refractivity contribution in [1.29, 1.82) is 0 Å². The molecule has 0 aliphatic carbocycles. The Kier molecular flexibility index (Phi) is 7.17. The van der Waals surface area contributed by atoms with Gasteiger partial charge in [0.15, 0.2) is 11.6 Å². The number of pyridine rings is 1. The number of rotatable bonds is 6. The van der Waals surface area contributed by atoms with Gasteiger partial charge in [-0.15, -0.1) is 0 Å². The average molecular weight is 554 g/mol. The summed E-state index contributed by atoms with van der Waals surface area (Å²) in [5, 5.41) is 2.97. The highest BCUT2D eigenvalue weighted by Crippen LogP contribution is 2.30. The first-order chi connectivity index (χ1) is 18.5. The smallest absolute Gasteiger partial charge is 0.229 e. The van der Waals surface area contributed by atoms with Crippen molar-refractivity contribution in [3.8, 4) is 11.3 Å². The van der Waals surface area contributed by atoms with E-state index in [0.717, 1.165) is 17.3 Å². The summed E-state index contributed by atoms with van der Waals surface area (Å²) in [4.78, 5) is 17.1. The lowest BCUT2D eigenvalue weighted by atomic mass is 10.0. The number of hydrogen-bond donors (Lipinski definition) is 1. The zero-order valence-corrected chi connectivity index (χ0v) is 22.9. The minimum atomic E-state index is -3.17. The zero-order chi connectivity index (χ0) is 27.9. The maximum atomic E-state index is 14.9. The molecule has 5 rings (SSSR count). The van der Waals surface area contributed by atoms with Crippen molar-refractivity contribution in [1.82, 2.24) is 28.8 Å². The Hall–Kier alpha value is -3.77. The summed E-state index contributed by atoms with van der Waals surface area (Å²) < 4.78 is 56.5. The number of benzene rings is 1. The molecule has 0 unspecified atom stereocenters. The van der Waals surface area contributed by atoms with Crippen LogP contribution in [0.3, 0.4) is 0 Å². The van der Waals surface area contributed by atoms with Crippen molar-refractivity contribution < 1.29 is 17.2 Å². The average Bonchev–Trinajstić information content (AvgIpc) is 3.23. The second kappa shape index (κ2) is 10.4. The fourth-order valence-corrected chi connectivity index (χ4v) is 5.70. The molecule has 204 valence electrons. The minimum absolute atomic E-state index is 0.0377. The molecular formula is C27H29F2N7O2S. The van der Waals surface area contributed by atoms with E-state index in [1.807, 2.05) is 37.5 Å². The third-order valence-corrected chi connectivity index (χ3v) is 7.99. The van der Waals surface area contributed by atoms with Gasteiger partial charge in [-0.25, -0.2) is 41.4 Å². The van der Waals surface area contributed by atoms with Crippen LogP contribution in [0.25, 0.3) is 28.4 Å². The molecule has 1 aliphatic rings. The molecule has 0 spiro atoms. The summed E-state index contributed by atoms with van der Waals surface area (Å²) in [5.74, 6) is 0.0180. The number of sulfonamides is 1. The van der Waals surface area contributed by atoms with Crippen LogP contribution in [0, 0.1) is 18.6 Å². The monoisotopic (exact) mass is 553 g/mol. The Labute approximate surface area is 225 Å². The number of nitrogens with zero attached hydrogens (tertiary/aromatic N) is 6. The van der Waals surface area contributed by atoms with Gasteiger partial charge in [0.25, 0.3) is 0 Å². The van der Waals surface area contributed by atoms with E-state index in [1.54, 1.807) is 18.3 Å². The molecule has 1 fully saturated rings. The first-order valence-corrected chi connectivity index (χ1v) is 14.4. The van der Waals surface area contributed by atoms with Gasteiger partial charge in [-0.1, -0.05) is 11.6 Å². The summed E-state index contributed by atoms with van der Waals surface area (Å²) in [7, 11) is -3.17. The molecule has 4 aromatic rings. The summed E-state index contributed by atoms with van der Waals surface area (Å²) in [6, 6.07) is 6.58. The second-order valence-electron chi connectivity index (χ2n) is 9.91. The van der Waals surface area contributed by atoms with Crippen LogP contribution < -0.4 is 5.32 Å². The van der Waals surface area contributed by atoms with Gasteiger partial charge < -0.3 is 9.88 Å². The maximum Gasteiger partial charge on any atom is 0.229 e. The van der Waals surface area contributed by atoms with Gasteiger partial charge in [0.05, 0.1) is 18.0 Å².